The molecule has 2 aromatic rings. The molecule has 1 saturated heterocycles. The molecule has 0 unspecified atom stereocenters. The molecule has 2 heterocycles. The van der Waals surface area contributed by atoms with E-state index in [4.69, 9.17) is 4.74 Å². The molecule has 2 aliphatic heterocycles. The molecule has 1 fully saturated rings. The highest BCUT2D eigenvalue weighted by molar-refractivity contribution is 7.89. The van der Waals surface area contributed by atoms with Gasteiger partial charge in [0.05, 0.1) is 11.5 Å². The lowest BCUT2D eigenvalue weighted by Gasteiger charge is -2.34. The second-order valence-electron chi connectivity index (χ2n) is 7.04. The quantitative estimate of drug-likeness (QED) is 0.827. The van der Waals surface area contributed by atoms with Crippen molar-refractivity contribution < 1.29 is 13.2 Å². The molecular formula is C20H24N2O3S. The Morgan fingerprint density at radius 3 is 2.62 bits per heavy atom. The Labute approximate surface area is 155 Å². The van der Waals surface area contributed by atoms with Crippen molar-refractivity contribution in [3.8, 4) is 5.75 Å². The van der Waals surface area contributed by atoms with Crippen molar-refractivity contribution in [2.45, 2.75) is 24.8 Å². The zero-order valence-electron chi connectivity index (χ0n) is 15.0. The van der Waals surface area contributed by atoms with Gasteiger partial charge in [-0.3, -0.25) is 4.90 Å². The standard InChI is InChI=1S/C20H24N2O3S/c1-16-3-2-4-17(13-16)15-21-8-10-22(11-9-21)26(23,24)19-5-6-20-18(14-19)7-12-25-20/h2-6,13-14H,7-12,15H2,1H3. The van der Waals surface area contributed by atoms with Crippen LogP contribution in [0, 0.1) is 6.92 Å². The lowest BCUT2D eigenvalue weighted by molar-refractivity contribution is 0.181. The van der Waals surface area contributed by atoms with Gasteiger partial charge in [-0.2, -0.15) is 4.31 Å². The number of benzene rings is 2. The fourth-order valence-corrected chi connectivity index (χ4v) is 5.14. The number of ether oxygens (including phenoxy) is 1. The maximum absolute atomic E-state index is 13.0. The monoisotopic (exact) mass is 372 g/mol. The van der Waals surface area contributed by atoms with Crippen LogP contribution >= 0.6 is 0 Å². The van der Waals surface area contributed by atoms with Gasteiger partial charge in [-0.05, 0) is 36.2 Å². The summed E-state index contributed by atoms with van der Waals surface area (Å²) < 4.78 is 33.0. The first-order valence-corrected chi connectivity index (χ1v) is 10.5. The number of sulfonamides is 1. The molecule has 0 atom stereocenters. The van der Waals surface area contributed by atoms with E-state index in [0.717, 1.165) is 37.4 Å². The molecule has 2 aromatic carbocycles. The van der Waals surface area contributed by atoms with E-state index in [-0.39, 0.29) is 0 Å². The van der Waals surface area contributed by atoms with Crippen molar-refractivity contribution in [1.29, 1.82) is 0 Å². The van der Waals surface area contributed by atoms with E-state index >= 15 is 0 Å². The molecule has 2 aliphatic rings. The van der Waals surface area contributed by atoms with Gasteiger partial charge in [-0.1, -0.05) is 29.8 Å². The summed E-state index contributed by atoms with van der Waals surface area (Å²) >= 11 is 0. The molecule has 0 aromatic heterocycles. The first-order valence-electron chi connectivity index (χ1n) is 9.06. The summed E-state index contributed by atoms with van der Waals surface area (Å²) in [5.41, 5.74) is 3.52. The number of aryl methyl sites for hydroxylation is 1. The summed E-state index contributed by atoms with van der Waals surface area (Å²) in [7, 11) is -3.44. The summed E-state index contributed by atoms with van der Waals surface area (Å²) in [6.45, 7) is 6.16. The Morgan fingerprint density at radius 1 is 1.04 bits per heavy atom. The molecule has 138 valence electrons. The minimum absolute atomic E-state index is 0.383. The van der Waals surface area contributed by atoms with Gasteiger partial charge in [-0.25, -0.2) is 8.42 Å². The van der Waals surface area contributed by atoms with Crippen molar-refractivity contribution in [3.05, 3.63) is 59.2 Å². The van der Waals surface area contributed by atoms with E-state index in [0.29, 0.717) is 24.6 Å². The minimum Gasteiger partial charge on any atom is -0.493 e. The Morgan fingerprint density at radius 2 is 1.85 bits per heavy atom. The van der Waals surface area contributed by atoms with Gasteiger partial charge >= 0.3 is 0 Å². The molecule has 0 amide bonds. The van der Waals surface area contributed by atoms with E-state index in [9.17, 15) is 8.42 Å². The van der Waals surface area contributed by atoms with Crippen LogP contribution in [0.3, 0.4) is 0 Å². The predicted molar refractivity (Wildman–Crippen MR) is 101 cm³/mol. The second-order valence-corrected chi connectivity index (χ2v) is 8.98. The molecule has 0 N–H and O–H groups in total. The van der Waals surface area contributed by atoms with Gasteiger partial charge in [0.2, 0.25) is 10.0 Å². The van der Waals surface area contributed by atoms with Crippen molar-refractivity contribution >= 4 is 10.0 Å². The fourth-order valence-electron chi connectivity index (χ4n) is 3.67. The number of hydrogen-bond donors (Lipinski definition) is 0. The molecular weight excluding hydrogens is 348 g/mol. The molecule has 0 aliphatic carbocycles. The number of fused-ring (bicyclic) bond motifs is 1. The van der Waals surface area contributed by atoms with Gasteiger partial charge in [0.25, 0.3) is 0 Å². The van der Waals surface area contributed by atoms with Crippen molar-refractivity contribution in [1.82, 2.24) is 9.21 Å². The summed E-state index contributed by atoms with van der Waals surface area (Å²) in [6, 6.07) is 13.7. The van der Waals surface area contributed by atoms with Crippen molar-refractivity contribution in [2.24, 2.45) is 0 Å². The van der Waals surface area contributed by atoms with Crippen LogP contribution in [0.1, 0.15) is 16.7 Å². The normalized spacial score (nSPS) is 18.5. The number of piperazine rings is 1. The van der Waals surface area contributed by atoms with Crippen LogP contribution < -0.4 is 4.74 Å². The van der Waals surface area contributed by atoms with E-state index in [1.165, 1.54) is 11.1 Å². The van der Waals surface area contributed by atoms with Crippen LogP contribution in [0.4, 0.5) is 0 Å². The van der Waals surface area contributed by atoms with Crippen molar-refractivity contribution in [3.63, 3.8) is 0 Å². The topological polar surface area (TPSA) is 49.9 Å². The van der Waals surface area contributed by atoms with Gasteiger partial charge < -0.3 is 4.74 Å². The van der Waals surface area contributed by atoms with E-state index in [1.807, 2.05) is 0 Å². The Hall–Kier alpha value is -1.89. The van der Waals surface area contributed by atoms with Crippen LogP contribution in [0.5, 0.6) is 5.75 Å². The zero-order valence-corrected chi connectivity index (χ0v) is 15.8. The molecule has 4 rings (SSSR count). The van der Waals surface area contributed by atoms with E-state index < -0.39 is 10.0 Å². The van der Waals surface area contributed by atoms with Crippen molar-refractivity contribution in [2.75, 3.05) is 32.8 Å². The second kappa shape index (κ2) is 7.02. The number of nitrogens with zero attached hydrogens (tertiary/aromatic N) is 2. The van der Waals surface area contributed by atoms with Crippen LogP contribution in [-0.4, -0.2) is 50.4 Å². The van der Waals surface area contributed by atoms with Crippen LogP contribution in [-0.2, 0) is 23.0 Å². The highest BCUT2D eigenvalue weighted by atomic mass is 32.2. The SMILES string of the molecule is Cc1cccc(CN2CCN(S(=O)(=O)c3ccc4c(c3)CCO4)CC2)c1. The largest absolute Gasteiger partial charge is 0.493 e. The lowest BCUT2D eigenvalue weighted by Crippen LogP contribution is -2.48. The Kier molecular flexibility index (Phi) is 4.73. The Balaban J connectivity index is 1.42. The summed E-state index contributed by atoms with van der Waals surface area (Å²) in [5, 5.41) is 0. The molecule has 5 nitrogen and oxygen atoms in total. The fraction of sp³-hybridized carbons (Fsp3) is 0.400. The lowest BCUT2D eigenvalue weighted by atomic mass is 10.1. The summed E-state index contributed by atoms with van der Waals surface area (Å²) in [6.07, 6.45) is 0.781. The van der Waals surface area contributed by atoms with Gasteiger partial charge in [0.15, 0.2) is 0 Å². The number of hydrogen-bond acceptors (Lipinski definition) is 4. The third kappa shape index (κ3) is 3.49. The molecule has 0 saturated carbocycles. The molecule has 0 bridgehead atoms. The third-order valence-corrected chi connectivity index (χ3v) is 7.01. The molecule has 26 heavy (non-hydrogen) atoms. The average molecular weight is 372 g/mol. The predicted octanol–water partition coefficient (Wildman–Crippen LogP) is 2.44. The first kappa shape index (κ1) is 17.5. The zero-order chi connectivity index (χ0) is 18.1. The summed E-state index contributed by atoms with van der Waals surface area (Å²) in [4.78, 5) is 2.70. The Bertz CT molecular complexity index is 903. The van der Waals surface area contributed by atoms with Crippen LogP contribution in [0.15, 0.2) is 47.4 Å². The highest BCUT2D eigenvalue weighted by Gasteiger charge is 2.29. The minimum atomic E-state index is -3.44. The smallest absolute Gasteiger partial charge is 0.243 e. The molecule has 0 radical (unpaired) electrons. The van der Waals surface area contributed by atoms with E-state index in [2.05, 4.69) is 36.1 Å². The third-order valence-electron chi connectivity index (χ3n) is 5.12. The average Bonchev–Trinajstić information content (AvgIpc) is 3.10. The molecule has 0 spiro atoms. The maximum atomic E-state index is 13.0. The first-order chi connectivity index (χ1) is 12.5. The maximum Gasteiger partial charge on any atom is 0.243 e. The van der Waals surface area contributed by atoms with Gasteiger partial charge in [0.1, 0.15) is 5.75 Å². The van der Waals surface area contributed by atoms with Crippen LogP contribution in [0.25, 0.3) is 0 Å². The summed E-state index contributed by atoms with van der Waals surface area (Å²) in [5.74, 6) is 0.812. The van der Waals surface area contributed by atoms with Gasteiger partial charge in [-0.15, -0.1) is 0 Å². The van der Waals surface area contributed by atoms with E-state index in [1.54, 1.807) is 22.5 Å². The number of rotatable bonds is 4. The molecule has 6 heteroatoms. The van der Waals surface area contributed by atoms with Crippen LogP contribution in [0.2, 0.25) is 0 Å². The highest BCUT2D eigenvalue weighted by Crippen LogP contribution is 2.29. The van der Waals surface area contributed by atoms with Gasteiger partial charge in [0, 0.05) is 39.1 Å².